The van der Waals surface area contributed by atoms with Gasteiger partial charge in [0.1, 0.15) is 8.64 Å². The zero-order valence-corrected chi connectivity index (χ0v) is 21.0. The van der Waals surface area contributed by atoms with Crippen LogP contribution in [0.1, 0.15) is 10.4 Å². The molecule has 28 heavy (non-hydrogen) atoms. The molecule has 2 aromatic rings. The molecular weight excluding hydrogens is 494 g/mol. The van der Waals surface area contributed by atoms with E-state index in [0.29, 0.717) is 17.1 Å². The summed E-state index contributed by atoms with van der Waals surface area (Å²) in [5, 5.41) is 0.945. The number of halogens is 1. The van der Waals surface area contributed by atoms with Crippen molar-refractivity contribution in [1.29, 1.82) is 0 Å². The molecule has 0 amide bonds. The second-order valence-electron chi connectivity index (χ2n) is 6.56. The standard InChI is InChI=1S/C19H22BrN3OS4/c1-22(2)18(25)27-10-14(11-28-19(26)23(3)4)17(24)13-7-12-5-6-15(20)8-16(12)21-9-13/h5-9,14H,10-11H2,1-4H3. The lowest BCUT2D eigenvalue weighted by Crippen LogP contribution is -2.25. The number of Topliss-reactive ketones (excluding diaryl/α,β-unsaturated/α-hetero) is 1. The molecule has 0 saturated carbocycles. The highest BCUT2D eigenvalue weighted by Gasteiger charge is 2.23. The number of ketones is 1. The van der Waals surface area contributed by atoms with Crippen LogP contribution in [0.4, 0.5) is 0 Å². The lowest BCUT2D eigenvalue weighted by atomic mass is 10.0. The van der Waals surface area contributed by atoms with E-state index >= 15 is 0 Å². The molecule has 1 heterocycles. The Morgan fingerprint density at radius 2 is 1.64 bits per heavy atom. The summed E-state index contributed by atoms with van der Waals surface area (Å²) in [6.45, 7) is 0. The Morgan fingerprint density at radius 1 is 1.07 bits per heavy atom. The number of aromatic nitrogens is 1. The molecule has 0 aliphatic carbocycles. The molecule has 0 N–H and O–H groups in total. The van der Waals surface area contributed by atoms with Gasteiger partial charge in [0.15, 0.2) is 5.78 Å². The number of nitrogens with zero attached hydrogens (tertiary/aromatic N) is 3. The highest BCUT2D eigenvalue weighted by Crippen LogP contribution is 2.24. The minimum Gasteiger partial charge on any atom is -0.364 e. The molecule has 1 aromatic heterocycles. The van der Waals surface area contributed by atoms with E-state index in [2.05, 4.69) is 20.9 Å². The van der Waals surface area contributed by atoms with Gasteiger partial charge in [-0.1, -0.05) is 70.0 Å². The zero-order valence-electron chi connectivity index (χ0n) is 16.1. The van der Waals surface area contributed by atoms with Gasteiger partial charge >= 0.3 is 0 Å². The van der Waals surface area contributed by atoms with Gasteiger partial charge in [0.2, 0.25) is 0 Å². The summed E-state index contributed by atoms with van der Waals surface area (Å²) in [5.74, 6) is 1.08. The largest absolute Gasteiger partial charge is 0.364 e. The number of carbonyl (C=O) groups is 1. The lowest BCUT2D eigenvalue weighted by molar-refractivity contribution is 0.0944. The molecule has 0 aliphatic rings. The highest BCUT2D eigenvalue weighted by atomic mass is 79.9. The summed E-state index contributed by atoms with van der Waals surface area (Å²) in [6.07, 6.45) is 1.66. The normalized spacial score (nSPS) is 10.9. The Hall–Kier alpha value is -0.740. The Labute approximate surface area is 193 Å². The number of hydrogen-bond acceptors (Lipinski definition) is 6. The van der Waals surface area contributed by atoms with Gasteiger partial charge in [-0.3, -0.25) is 9.78 Å². The molecule has 0 bridgehead atoms. The summed E-state index contributed by atoms with van der Waals surface area (Å²) in [5.41, 5.74) is 1.47. The van der Waals surface area contributed by atoms with Crippen molar-refractivity contribution in [2.45, 2.75) is 0 Å². The Morgan fingerprint density at radius 3 is 2.18 bits per heavy atom. The summed E-state index contributed by atoms with van der Waals surface area (Å²) in [4.78, 5) is 21.5. The van der Waals surface area contributed by atoms with Gasteiger partial charge < -0.3 is 9.80 Å². The number of thioether (sulfide) groups is 2. The van der Waals surface area contributed by atoms with Crippen LogP contribution in [0.3, 0.4) is 0 Å². The average molecular weight is 517 g/mol. The monoisotopic (exact) mass is 515 g/mol. The van der Waals surface area contributed by atoms with E-state index in [4.69, 9.17) is 24.4 Å². The van der Waals surface area contributed by atoms with Crippen LogP contribution >= 0.6 is 63.9 Å². The molecule has 0 atom stereocenters. The molecule has 0 spiro atoms. The molecule has 0 saturated heterocycles. The van der Waals surface area contributed by atoms with Crippen molar-refractivity contribution in [3.63, 3.8) is 0 Å². The third-order valence-electron chi connectivity index (χ3n) is 3.85. The minimum absolute atomic E-state index is 0.0698. The Bertz CT molecular complexity index is 865. The van der Waals surface area contributed by atoms with Gasteiger partial charge in [0.25, 0.3) is 0 Å². The topological polar surface area (TPSA) is 36.4 Å². The zero-order chi connectivity index (χ0) is 20.8. The van der Waals surface area contributed by atoms with E-state index in [1.54, 1.807) is 6.20 Å². The first kappa shape index (κ1) is 23.5. The van der Waals surface area contributed by atoms with Crippen LogP contribution in [-0.4, -0.2) is 68.9 Å². The first-order chi connectivity index (χ1) is 13.2. The van der Waals surface area contributed by atoms with Crippen LogP contribution in [0.5, 0.6) is 0 Å². The van der Waals surface area contributed by atoms with E-state index < -0.39 is 0 Å². The maximum absolute atomic E-state index is 13.2. The molecular formula is C19H22BrN3OS4. The van der Waals surface area contributed by atoms with Crippen molar-refractivity contribution in [3.05, 3.63) is 40.5 Å². The Balaban J connectivity index is 2.21. The van der Waals surface area contributed by atoms with E-state index in [-0.39, 0.29) is 11.7 Å². The number of rotatable bonds is 6. The summed E-state index contributed by atoms with van der Waals surface area (Å²) < 4.78 is 2.49. The second kappa shape index (κ2) is 10.9. The van der Waals surface area contributed by atoms with Gasteiger partial charge in [0.05, 0.1) is 5.52 Å². The molecule has 2 rings (SSSR count). The first-order valence-corrected chi connectivity index (χ1v) is 12.0. The van der Waals surface area contributed by atoms with Crippen LogP contribution in [-0.2, 0) is 0 Å². The lowest BCUT2D eigenvalue weighted by Gasteiger charge is -2.20. The van der Waals surface area contributed by atoms with Gasteiger partial charge in [0, 0.05) is 67.2 Å². The highest BCUT2D eigenvalue weighted by molar-refractivity contribution is 9.10. The fourth-order valence-electron chi connectivity index (χ4n) is 2.27. The number of carbonyl (C=O) groups excluding carboxylic acids is 1. The van der Waals surface area contributed by atoms with Crippen molar-refractivity contribution in [2.24, 2.45) is 5.92 Å². The maximum atomic E-state index is 13.2. The number of hydrogen-bond donors (Lipinski definition) is 0. The summed E-state index contributed by atoms with van der Waals surface area (Å²) >= 11 is 17.2. The SMILES string of the molecule is CN(C)C(=S)SCC(CSC(=S)N(C)C)C(=O)c1cnc2cc(Br)ccc2c1. The number of thiocarbonyl (C=S) groups is 2. The van der Waals surface area contributed by atoms with Crippen molar-refractivity contribution in [3.8, 4) is 0 Å². The molecule has 0 fully saturated rings. The summed E-state index contributed by atoms with van der Waals surface area (Å²) in [6, 6.07) is 7.77. The quantitative estimate of drug-likeness (QED) is 0.394. The van der Waals surface area contributed by atoms with E-state index in [1.165, 1.54) is 23.5 Å². The third kappa shape index (κ3) is 6.66. The van der Waals surface area contributed by atoms with Crippen molar-refractivity contribution >= 4 is 89.2 Å². The first-order valence-electron chi connectivity index (χ1n) is 8.46. The van der Waals surface area contributed by atoms with Gasteiger partial charge in [-0.25, -0.2) is 0 Å². The van der Waals surface area contributed by atoms with Crippen LogP contribution in [0.15, 0.2) is 34.9 Å². The molecule has 4 nitrogen and oxygen atoms in total. The molecule has 9 heteroatoms. The fourth-order valence-corrected chi connectivity index (χ4v) is 4.92. The smallest absolute Gasteiger partial charge is 0.169 e. The molecule has 0 radical (unpaired) electrons. The van der Waals surface area contributed by atoms with Crippen molar-refractivity contribution < 1.29 is 4.79 Å². The molecule has 0 unspecified atom stereocenters. The van der Waals surface area contributed by atoms with E-state index in [1.807, 2.05) is 62.3 Å². The average Bonchev–Trinajstić information content (AvgIpc) is 2.66. The van der Waals surface area contributed by atoms with Crippen molar-refractivity contribution in [2.75, 3.05) is 39.7 Å². The molecule has 0 aliphatic heterocycles. The van der Waals surface area contributed by atoms with Crippen LogP contribution < -0.4 is 0 Å². The number of benzene rings is 1. The second-order valence-corrected chi connectivity index (χ2v) is 10.8. The Kier molecular flexibility index (Phi) is 9.14. The van der Waals surface area contributed by atoms with Gasteiger partial charge in [-0.2, -0.15) is 0 Å². The van der Waals surface area contributed by atoms with E-state index in [9.17, 15) is 4.79 Å². The molecule has 150 valence electrons. The maximum Gasteiger partial charge on any atom is 0.169 e. The predicted molar refractivity (Wildman–Crippen MR) is 135 cm³/mol. The van der Waals surface area contributed by atoms with Crippen LogP contribution in [0.2, 0.25) is 0 Å². The van der Waals surface area contributed by atoms with Gasteiger partial charge in [-0.05, 0) is 18.2 Å². The fraction of sp³-hybridized carbons (Fsp3) is 0.368. The number of pyridine rings is 1. The summed E-state index contributed by atoms with van der Waals surface area (Å²) in [7, 11) is 7.64. The minimum atomic E-state index is -0.208. The third-order valence-corrected chi connectivity index (χ3v) is 8.14. The predicted octanol–water partition coefficient (Wildman–Crippen LogP) is 4.96. The van der Waals surface area contributed by atoms with Crippen LogP contribution in [0, 0.1) is 5.92 Å². The van der Waals surface area contributed by atoms with Crippen LogP contribution in [0.25, 0.3) is 10.9 Å². The van der Waals surface area contributed by atoms with E-state index in [0.717, 1.165) is 24.0 Å². The van der Waals surface area contributed by atoms with Gasteiger partial charge in [-0.15, -0.1) is 0 Å². The molecule has 1 aromatic carbocycles. The number of fused-ring (bicyclic) bond motifs is 1. The van der Waals surface area contributed by atoms with Crippen molar-refractivity contribution in [1.82, 2.24) is 14.8 Å².